The Kier molecular flexibility index (Phi) is 1.94. The molecule has 1 heterocycles. The molecule has 0 radical (unpaired) electrons. The third kappa shape index (κ3) is 1.26. The van der Waals surface area contributed by atoms with Gasteiger partial charge in [0, 0.05) is 11.8 Å². The van der Waals surface area contributed by atoms with Crippen LogP contribution in [0.5, 0.6) is 0 Å². The third-order valence-electron chi connectivity index (χ3n) is 2.55. The van der Waals surface area contributed by atoms with Gasteiger partial charge in [-0.05, 0) is 24.8 Å². The molecule has 64 valence electrons. The summed E-state index contributed by atoms with van der Waals surface area (Å²) < 4.78 is 0. The maximum absolute atomic E-state index is 11.3. The van der Waals surface area contributed by atoms with Crippen molar-refractivity contribution in [1.82, 2.24) is 10.2 Å². The Balaban J connectivity index is 2.32. The molecule has 1 aromatic heterocycles. The van der Waals surface area contributed by atoms with Crippen LogP contribution in [0.1, 0.15) is 37.2 Å². The van der Waals surface area contributed by atoms with Gasteiger partial charge in [-0.1, -0.05) is 12.8 Å². The quantitative estimate of drug-likeness (QED) is 0.682. The molecule has 3 heteroatoms. The SMILES string of the molecule is O=c1[nH]nccc1C1CCCC1. The first-order valence-electron chi connectivity index (χ1n) is 4.41. The average molecular weight is 164 g/mol. The minimum atomic E-state index is -0.00981. The standard InChI is InChI=1S/C9H12N2O/c12-9-8(5-6-10-11-9)7-3-1-2-4-7/h5-7H,1-4H2,(H,11,12). The van der Waals surface area contributed by atoms with E-state index in [1.165, 1.54) is 12.8 Å². The largest absolute Gasteiger partial charge is 0.268 e. The van der Waals surface area contributed by atoms with Crippen LogP contribution in [0.15, 0.2) is 17.1 Å². The summed E-state index contributed by atoms with van der Waals surface area (Å²) >= 11 is 0. The second-order valence-corrected chi connectivity index (χ2v) is 3.32. The van der Waals surface area contributed by atoms with E-state index in [2.05, 4.69) is 10.2 Å². The molecular formula is C9H12N2O. The number of aromatic amines is 1. The van der Waals surface area contributed by atoms with Crippen LogP contribution in [0.25, 0.3) is 0 Å². The molecule has 0 saturated heterocycles. The normalized spacial score (nSPS) is 18.3. The van der Waals surface area contributed by atoms with Gasteiger partial charge in [0.05, 0.1) is 0 Å². The van der Waals surface area contributed by atoms with Gasteiger partial charge >= 0.3 is 0 Å². The summed E-state index contributed by atoms with van der Waals surface area (Å²) in [6.07, 6.45) is 6.49. The lowest BCUT2D eigenvalue weighted by Crippen LogP contribution is -2.15. The maximum atomic E-state index is 11.3. The van der Waals surface area contributed by atoms with Crippen molar-refractivity contribution in [3.63, 3.8) is 0 Å². The number of aromatic nitrogens is 2. The number of rotatable bonds is 1. The van der Waals surface area contributed by atoms with E-state index in [1.54, 1.807) is 6.20 Å². The molecule has 1 aromatic rings. The van der Waals surface area contributed by atoms with Crippen LogP contribution >= 0.6 is 0 Å². The summed E-state index contributed by atoms with van der Waals surface area (Å²) in [5.41, 5.74) is 0.909. The Morgan fingerprint density at radius 3 is 2.83 bits per heavy atom. The topological polar surface area (TPSA) is 45.8 Å². The highest BCUT2D eigenvalue weighted by atomic mass is 16.1. The van der Waals surface area contributed by atoms with Crippen molar-refractivity contribution in [3.8, 4) is 0 Å². The molecule has 1 aliphatic rings. The summed E-state index contributed by atoms with van der Waals surface area (Å²) in [6, 6.07) is 1.84. The predicted octanol–water partition coefficient (Wildman–Crippen LogP) is 1.43. The molecule has 0 bridgehead atoms. The van der Waals surface area contributed by atoms with Crippen LogP contribution < -0.4 is 5.56 Å². The highest BCUT2D eigenvalue weighted by molar-refractivity contribution is 5.13. The van der Waals surface area contributed by atoms with Crippen molar-refractivity contribution in [2.75, 3.05) is 0 Å². The summed E-state index contributed by atoms with van der Waals surface area (Å²) in [5, 5.41) is 6.15. The lowest BCUT2D eigenvalue weighted by Gasteiger charge is -2.05. The molecule has 1 saturated carbocycles. The molecule has 1 fully saturated rings. The first kappa shape index (κ1) is 7.53. The van der Waals surface area contributed by atoms with E-state index in [0.717, 1.165) is 18.4 Å². The van der Waals surface area contributed by atoms with E-state index in [4.69, 9.17) is 0 Å². The molecule has 0 unspecified atom stereocenters. The fourth-order valence-electron chi connectivity index (χ4n) is 1.91. The fraction of sp³-hybridized carbons (Fsp3) is 0.556. The van der Waals surface area contributed by atoms with Gasteiger partial charge in [-0.25, -0.2) is 5.10 Å². The summed E-state index contributed by atoms with van der Waals surface area (Å²) in [4.78, 5) is 11.3. The summed E-state index contributed by atoms with van der Waals surface area (Å²) in [5.74, 6) is 0.483. The van der Waals surface area contributed by atoms with Gasteiger partial charge in [-0.15, -0.1) is 0 Å². The van der Waals surface area contributed by atoms with E-state index in [1.807, 2.05) is 6.07 Å². The van der Waals surface area contributed by atoms with Gasteiger partial charge in [-0.3, -0.25) is 4.79 Å². The Morgan fingerprint density at radius 1 is 1.42 bits per heavy atom. The molecule has 1 N–H and O–H groups in total. The molecule has 12 heavy (non-hydrogen) atoms. The monoisotopic (exact) mass is 164 g/mol. The van der Waals surface area contributed by atoms with Gasteiger partial charge in [0.2, 0.25) is 0 Å². The molecule has 3 nitrogen and oxygen atoms in total. The second kappa shape index (κ2) is 3.09. The van der Waals surface area contributed by atoms with Crippen LogP contribution in [0, 0.1) is 0 Å². The van der Waals surface area contributed by atoms with Gasteiger partial charge in [0.1, 0.15) is 0 Å². The van der Waals surface area contributed by atoms with Gasteiger partial charge in [-0.2, -0.15) is 5.10 Å². The number of H-pyrrole nitrogens is 1. The Bertz CT molecular complexity index is 312. The van der Waals surface area contributed by atoms with Gasteiger partial charge < -0.3 is 0 Å². The van der Waals surface area contributed by atoms with E-state index in [-0.39, 0.29) is 5.56 Å². The minimum Gasteiger partial charge on any atom is -0.268 e. The highest BCUT2D eigenvalue weighted by Crippen LogP contribution is 2.31. The first-order chi connectivity index (χ1) is 5.88. The zero-order chi connectivity index (χ0) is 8.39. The number of hydrogen-bond donors (Lipinski definition) is 1. The zero-order valence-corrected chi connectivity index (χ0v) is 6.92. The zero-order valence-electron chi connectivity index (χ0n) is 6.92. The minimum absolute atomic E-state index is 0.00981. The van der Waals surface area contributed by atoms with Crippen molar-refractivity contribution in [3.05, 3.63) is 28.2 Å². The molecule has 0 aliphatic heterocycles. The van der Waals surface area contributed by atoms with Gasteiger partial charge in [0.15, 0.2) is 0 Å². The average Bonchev–Trinajstić information content (AvgIpc) is 2.57. The maximum Gasteiger partial charge on any atom is 0.267 e. The Hall–Kier alpha value is -1.12. The second-order valence-electron chi connectivity index (χ2n) is 3.32. The number of nitrogens with zero attached hydrogens (tertiary/aromatic N) is 1. The lowest BCUT2D eigenvalue weighted by molar-refractivity contribution is 0.704. The Labute approximate surface area is 70.8 Å². The lowest BCUT2D eigenvalue weighted by atomic mass is 10.0. The van der Waals surface area contributed by atoms with E-state index in [9.17, 15) is 4.79 Å². The molecule has 0 spiro atoms. The van der Waals surface area contributed by atoms with Gasteiger partial charge in [0.25, 0.3) is 5.56 Å². The Morgan fingerprint density at radius 2 is 2.17 bits per heavy atom. The van der Waals surface area contributed by atoms with Crippen molar-refractivity contribution < 1.29 is 0 Å². The van der Waals surface area contributed by atoms with Crippen molar-refractivity contribution in [2.24, 2.45) is 0 Å². The molecule has 0 amide bonds. The van der Waals surface area contributed by atoms with E-state index >= 15 is 0 Å². The van der Waals surface area contributed by atoms with E-state index in [0.29, 0.717) is 5.92 Å². The number of nitrogens with one attached hydrogen (secondary N) is 1. The number of hydrogen-bond acceptors (Lipinski definition) is 2. The summed E-state index contributed by atoms with van der Waals surface area (Å²) in [7, 11) is 0. The van der Waals surface area contributed by atoms with Crippen LogP contribution in [-0.4, -0.2) is 10.2 Å². The van der Waals surface area contributed by atoms with Crippen LogP contribution in [0.2, 0.25) is 0 Å². The summed E-state index contributed by atoms with van der Waals surface area (Å²) in [6.45, 7) is 0. The highest BCUT2D eigenvalue weighted by Gasteiger charge is 2.19. The molecule has 2 rings (SSSR count). The van der Waals surface area contributed by atoms with Crippen molar-refractivity contribution >= 4 is 0 Å². The van der Waals surface area contributed by atoms with Crippen LogP contribution in [-0.2, 0) is 0 Å². The molecule has 0 atom stereocenters. The molecular weight excluding hydrogens is 152 g/mol. The van der Waals surface area contributed by atoms with Crippen molar-refractivity contribution in [1.29, 1.82) is 0 Å². The molecule has 1 aliphatic carbocycles. The predicted molar refractivity (Wildman–Crippen MR) is 46.1 cm³/mol. The fourth-order valence-corrected chi connectivity index (χ4v) is 1.91. The first-order valence-corrected chi connectivity index (χ1v) is 4.41. The van der Waals surface area contributed by atoms with Crippen LogP contribution in [0.3, 0.4) is 0 Å². The van der Waals surface area contributed by atoms with Crippen molar-refractivity contribution in [2.45, 2.75) is 31.6 Å². The third-order valence-corrected chi connectivity index (χ3v) is 2.55. The molecule has 0 aromatic carbocycles. The van der Waals surface area contributed by atoms with Crippen LogP contribution in [0.4, 0.5) is 0 Å². The van der Waals surface area contributed by atoms with E-state index < -0.39 is 0 Å². The smallest absolute Gasteiger partial charge is 0.267 e.